The molecule has 1 heterocycles. The van der Waals surface area contributed by atoms with Crippen molar-refractivity contribution >= 4 is 0 Å². The van der Waals surface area contributed by atoms with Gasteiger partial charge in [-0.25, -0.2) is 0 Å². The molecule has 0 saturated heterocycles. The summed E-state index contributed by atoms with van der Waals surface area (Å²) >= 11 is 0. The summed E-state index contributed by atoms with van der Waals surface area (Å²) in [7, 11) is 0. The van der Waals surface area contributed by atoms with E-state index in [4.69, 9.17) is 14.7 Å². The van der Waals surface area contributed by atoms with Crippen molar-refractivity contribution in [1.82, 2.24) is 0 Å². The predicted molar refractivity (Wildman–Crippen MR) is 51.2 cm³/mol. The molecule has 3 heteroatoms. The molecule has 0 radical (unpaired) electrons. The zero-order valence-electron chi connectivity index (χ0n) is 7.99. The van der Waals surface area contributed by atoms with Gasteiger partial charge in [0.05, 0.1) is 12.0 Å². The van der Waals surface area contributed by atoms with Crippen molar-refractivity contribution in [2.24, 2.45) is 0 Å². The summed E-state index contributed by atoms with van der Waals surface area (Å²) in [5, 5.41) is 8.96. The van der Waals surface area contributed by atoms with E-state index >= 15 is 0 Å². The highest BCUT2D eigenvalue weighted by atomic mass is 16.7. The number of para-hydroxylation sites is 1. The Balaban J connectivity index is 2.44. The van der Waals surface area contributed by atoms with Gasteiger partial charge in [-0.2, -0.15) is 5.26 Å². The first-order valence-corrected chi connectivity index (χ1v) is 4.65. The van der Waals surface area contributed by atoms with E-state index in [2.05, 4.69) is 6.07 Å². The molecule has 0 aromatic heterocycles. The van der Waals surface area contributed by atoms with E-state index in [1.54, 1.807) is 0 Å². The minimum Gasteiger partial charge on any atom is -0.454 e. The standard InChI is InChI=1S/C11H11NO2/c1-2-8(6-12)9-4-3-5-10-11(9)14-7-13-10/h3-5,8H,2,7H2,1H3. The van der Waals surface area contributed by atoms with Crippen LogP contribution in [0.5, 0.6) is 11.5 Å². The maximum atomic E-state index is 8.96. The quantitative estimate of drug-likeness (QED) is 0.717. The molecule has 1 aromatic rings. The number of fused-ring (bicyclic) bond motifs is 1. The lowest BCUT2D eigenvalue weighted by Crippen LogP contribution is -1.97. The first-order chi connectivity index (χ1) is 6.86. The summed E-state index contributed by atoms with van der Waals surface area (Å²) in [4.78, 5) is 0. The van der Waals surface area contributed by atoms with Crippen molar-refractivity contribution in [2.75, 3.05) is 6.79 Å². The Morgan fingerprint density at radius 3 is 3.07 bits per heavy atom. The minimum absolute atomic E-state index is 0.105. The minimum atomic E-state index is -0.105. The van der Waals surface area contributed by atoms with Gasteiger partial charge in [-0.05, 0) is 12.5 Å². The van der Waals surface area contributed by atoms with E-state index in [1.165, 1.54) is 0 Å². The van der Waals surface area contributed by atoms with Crippen LogP contribution in [0.4, 0.5) is 0 Å². The zero-order chi connectivity index (χ0) is 9.97. The molecule has 0 spiro atoms. The van der Waals surface area contributed by atoms with Crippen LogP contribution in [0, 0.1) is 11.3 Å². The fraction of sp³-hybridized carbons (Fsp3) is 0.364. The lowest BCUT2D eigenvalue weighted by Gasteiger charge is -2.08. The van der Waals surface area contributed by atoms with E-state index in [9.17, 15) is 0 Å². The van der Waals surface area contributed by atoms with Crippen LogP contribution in [0.2, 0.25) is 0 Å². The molecule has 2 rings (SSSR count). The SMILES string of the molecule is CCC(C#N)c1cccc2c1OCO2. The van der Waals surface area contributed by atoms with E-state index in [-0.39, 0.29) is 12.7 Å². The van der Waals surface area contributed by atoms with E-state index < -0.39 is 0 Å². The Labute approximate surface area is 82.9 Å². The Kier molecular flexibility index (Phi) is 2.28. The lowest BCUT2D eigenvalue weighted by molar-refractivity contribution is 0.173. The van der Waals surface area contributed by atoms with E-state index in [0.717, 1.165) is 23.5 Å². The van der Waals surface area contributed by atoms with Gasteiger partial charge in [0.25, 0.3) is 0 Å². The van der Waals surface area contributed by atoms with E-state index in [1.807, 2.05) is 25.1 Å². The average molecular weight is 189 g/mol. The van der Waals surface area contributed by atoms with Crippen molar-refractivity contribution in [3.63, 3.8) is 0 Å². The largest absolute Gasteiger partial charge is 0.454 e. The fourth-order valence-electron chi connectivity index (χ4n) is 1.61. The zero-order valence-corrected chi connectivity index (χ0v) is 7.99. The summed E-state index contributed by atoms with van der Waals surface area (Å²) in [5.41, 5.74) is 0.935. The van der Waals surface area contributed by atoms with Crippen LogP contribution in [0.25, 0.3) is 0 Å². The highest BCUT2D eigenvalue weighted by Crippen LogP contribution is 2.39. The van der Waals surface area contributed by atoms with Crippen molar-refractivity contribution < 1.29 is 9.47 Å². The number of nitriles is 1. The molecule has 0 fully saturated rings. The summed E-state index contributed by atoms with van der Waals surface area (Å²) in [6.07, 6.45) is 0.788. The highest BCUT2D eigenvalue weighted by Gasteiger charge is 2.21. The number of rotatable bonds is 2. The normalized spacial score (nSPS) is 14.9. The second-order valence-corrected chi connectivity index (χ2v) is 3.17. The van der Waals surface area contributed by atoms with Gasteiger partial charge in [-0.3, -0.25) is 0 Å². The maximum absolute atomic E-state index is 8.96. The molecular formula is C11H11NO2. The van der Waals surface area contributed by atoms with Crippen LogP contribution < -0.4 is 9.47 Å². The van der Waals surface area contributed by atoms with Gasteiger partial charge in [0, 0.05) is 5.56 Å². The van der Waals surface area contributed by atoms with Crippen molar-refractivity contribution in [3.8, 4) is 17.6 Å². The molecule has 0 N–H and O–H groups in total. The lowest BCUT2D eigenvalue weighted by atomic mass is 9.97. The molecule has 1 aliphatic rings. The Morgan fingerprint density at radius 1 is 1.50 bits per heavy atom. The molecular weight excluding hydrogens is 178 g/mol. The molecule has 0 aliphatic carbocycles. The third-order valence-electron chi connectivity index (χ3n) is 2.37. The van der Waals surface area contributed by atoms with Crippen molar-refractivity contribution in [3.05, 3.63) is 23.8 Å². The molecule has 1 unspecified atom stereocenters. The van der Waals surface area contributed by atoms with Gasteiger partial charge in [0.15, 0.2) is 11.5 Å². The Hall–Kier alpha value is -1.69. The first kappa shape index (κ1) is 8.89. The molecule has 0 bridgehead atoms. The van der Waals surface area contributed by atoms with E-state index in [0.29, 0.717) is 0 Å². The second-order valence-electron chi connectivity index (χ2n) is 3.17. The average Bonchev–Trinajstić information content (AvgIpc) is 2.68. The monoisotopic (exact) mass is 189 g/mol. The van der Waals surface area contributed by atoms with Crippen LogP contribution in [0.15, 0.2) is 18.2 Å². The Bertz CT molecular complexity index is 381. The summed E-state index contributed by atoms with van der Waals surface area (Å²) < 4.78 is 10.6. The molecule has 72 valence electrons. The van der Waals surface area contributed by atoms with Crippen LogP contribution in [0.3, 0.4) is 0 Å². The summed E-state index contributed by atoms with van der Waals surface area (Å²) in [5.74, 6) is 1.38. The van der Waals surface area contributed by atoms with Crippen LogP contribution in [-0.4, -0.2) is 6.79 Å². The summed E-state index contributed by atoms with van der Waals surface area (Å²) in [6.45, 7) is 2.25. The molecule has 1 aromatic carbocycles. The molecule has 3 nitrogen and oxygen atoms in total. The molecule has 1 aliphatic heterocycles. The second kappa shape index (κ2) is 3.59. The fourth-order valence-corrected chi connectivity index (χ4v) is 1.61. The topological polar surface area (TPSA) is 42.2 Å². The van der Waals surface area contributed by atoms with Crippen LogP contribution in [0.1, 0.15) is 24.8 Å². The van der Waals surface area contributed by atoms with Gasteiger partial charge in [0.2, 0.25) is 6.79 Å². The number of ether oxygens (including phenoxy) is 2. The number of benzene rings is 1. The summed E-state index contributed by atoms with van der Waals surface area (Å²) in [6, 6.07) is 7.93. The van der Waals surface area contributed by atoms with Crippen molar-refractivity contribution in [2.45, 2.75) is 19.3 Å². The molecule has 14 heavy (non-hydrogen) atoms. The smallest absolute Gasteiger partial charge is 0.231 e. The van der Waals surface area contributed by atoms with Crippen molar-refractivity contribution in [1.29, 1.82) is 5.26 Å². The van der Waals surface area contributed by atoms with Crippen LogP contribution in [-0.2, 0) is 0 Å². The maximum Gasteiger partial charge on any atom is 0.231 e. The third-order valence-corrected chi connectivity index (χ3v) is 2.37. The predicted octanol–water partition coefficient (Wildman–Crippen LogP) is 2.43. The van der Waals surface area contributed by atoms with Crippen LogP contribution >= 0.6 is 0 Å². The van der Waals surface area contributed by atoms with Gasteiger partial charge in [-0.15, -0.1) is 0 Å². The number of hydrogen-bond donors (Lipinski definition) is 0. The molecule has 0 amide bonds. The Morgan fingerprint density at radius 2 is 2.36 bits per heavy atom. The van der Waals surface area contributed by atoms with Gasteiger partial charge < -0.3 is 9.47 Å². The van der Waals surface area contributed by atoms with Gasteiger partial charge in [0.1, 0.15) is 0 Å². The molecule has 1 atom stereocenters. The highest BCUT2D eigenvalue weighted by molar-refractivity contribution is 5.50. The number of nitrogens with zero attached hydrogens (tertiary/aromatic N) is 1. The van der Waals surface area contributed by atoms with Gasteiger partial charge in [-0.1, -0.05) is 19.1 Å². The first-order valence-electron chi connectivity index (χ1n) is 4.65. The van der Waals surface area contributed by atoms with Gasteiger partial charge >= 0.3 is 0 Å². The number of hydrogen-bond acceptors (Lipinski definition) is 3. The third kappa shape index (κ3) is 1.29. The molecule has 0 saturated carbocycles.